The summed E-state index contributed by atoms with van der Waals surface area (Å²) in [6, 6.07) is 0. The Labute approximate surface area is 43.2 Å². The van der Waals surface area contributed by atoms with Gasteiger partial charge in [-0.25, -0.2) is 0 Å². The number of hydrogen-bond donors (Lipinski definition) is 0. The summed E-state index contributed by atoms with van der Waals surface area (Å²) in [6.45, 7) is 0.802. The lowest BCUT2D eigenvalue weighted by Crippen LogP contribution is -2.12. The van der Waals surface area contributed by atoms with Crippen molar-refractivity contribution in [2.24, 2.45) is 4.99 Å². The van der Waals surface area contributed by atoms with Gasteiger partial charge in [-0.05, 0) is 6.08 Å². The number of rotatable bonds is 0. The van der Waals surface area contributed by atoms with Gasteiger partial charge in [0, 0.05) is 19.5 Å². The zero-order valence-corrected chi connectivity index (χ0v) is 4.33. The first-order valence-corrected chi connectivity index (χ1v) is 2.26. The van der Waals surface area contributed by atoms with Crippen molar-refractivity contribution in [3.05, 3.63) is 12.3 Å². The van der Waals surface area contributed by atoms with E-state index in [0.717, 1.165) is 6.67 Å². The summed E-state index contributed by atoms with van der Waals surface area (Å²) in [5.41, 5.74) is 0. The second kappa shape index (κ2) is 1.78. The third-order valence-electron chi connectivity index (χ3n) is 0.837. The van der Waals surface area contributed by atoms with Crippen LogP contribution in [0.3, 0.4) is 0 Å². The van der Waals surface area contributed by atoms with Crippen molar-refractivity contribution in [2.45, 2.75) is 0 Å². The molecule has 7 heavy (non-hydrogen) atoms. The monoisotopic (exact) mass is 96.1 g/mol. The molecule has 0 aromatic heterocycles. The highest BCUT2D eigenvalue weighted by molar-refractivity contribution is 5.71. The van der Waals surface area contributed by atoms with Gasteiger partial charge < -0.3 is 4.90 Å². The zero-order valence-electron chi connectivity index (χ0n) is 4.33. The van der Waals surface area contributed by atoms with Gasteiger partial charge in [0.05, 0.1) is 0 Å². The smallest absolute Gasteiger partial charge is 0.109 e. The molecule has 1 rings (SSSR count). The van der Waals surface area contributed by atoms with E-state index in [1.807, 2.05) is 24.2 Å². The SMILES string of the molecule is CN1C=CC=NC1. The van der Waals surface area contributed by atoms with Gasteiger partial charge in [-0.2, -0.15) is 0 Å². The zero-order chi connectivity index (χ0) is 5.11. The van der Waals surface area contributed by atoms with Crippen LogP contribution >= 0.6 is 0 Å². The van der Waals surface area contributed by atoms with Gasteiger partial charge >= 0.3 is 0 Å². The molecule has 0 amide bonds. The van der Waals surface area contributed by atoms with E-state index in [1.165, 1.54) is 0 Å². The van der Waals surface area contributed by atoms with Gasteiger partial charge in [0.15, 0.2) is 0 Å². The molecular formula is C5H8N2. The number of nitrogens with zero attached hydrogens (tertiary/aromatic N) is 2. The highest BCUT2D eigenvalue weighted by Crippen LogP contribution is 1.87. The fourth-order valence-corrected chi connectivity index (χ4v) is 0.469. The lowest BCUT2D eigenvalue weighted by atomic mass is 10.6. The van der Waals surface area contributed by atoms with Crippen molar-refractivity contribution < 1.29 is 0 Å². The largest absolute Gasteiger partial charge is 0.361 e. The summed E-state index contributed by atoms with van der Waals surface area (Å²) in [7, 11) is 1.99. The molecular weight excluding hydrogens is 88.1 g/mol. The predicted molar refractivity (Wildman–Crippen MR) is 30.3 cm³/mol. The van der Waals surface area contributed by atoms with Crippen LogP contribution in [0.25, 0.3) is 0 Å². The Balaban J connectivity index is 2.49. The molecule has 0 saturated carbocycles. The highest BCUT2D eigenvalue weighted by Gasteiger charge is 1.86. The van der Waals surface area contributed by atoms with E-state index >= 15 is 0 Å². The minimum absolute atomic E-state index is 0.802. The number of hydrogen-bond acceptors (Lipinski definition) is 2. The maximum absolute atomic E-state index is 3.97. The van der Waals surface area contributed by atoms with E-state index in [1.54, 1.807) is 6.21 Å². The molecule has 0 aromatic carbocycles. The van der Waals surface area contributed by atoms with Crippen molar-refractivity contribution in [1.82, 2.24) is 4.90 Å². The third kappa shape index (κ3) is 1.03. The average Bonchev–Trinajstić information content (AvgIpc) is 1.69. The molecule has 0 radical (unpaired) electrons. The van der Waals surface area contributed by atoms with Gasteiger partial charge in [0.25, 0.3) is 0 Å². The van der Waals surface area contributed by atoms with Crippen LogP contribution in [0.5, 0.6) is 0 Å². The summed E-state index contributed by atoms with van der Waals surface area (Å²) < 4.78 is 0. The molecule has 0 aromatic rings. The van der Waals surface area contributed by atoms with Crippen LogP contribution in [0.2, 0.25) is 0 Å². The Morgan fingerprint density at radius 3 is 2.86 bits per heavy atom. The van der Waals surface area contributed by atoms with Gasteiger partial charge in [-0.3, -0.25) is 4.99 Å². The molecule has 0 fully saturated rings. The fourth-order valence-electron chi connectivity index (χ4n) is 0.469. The standard InChI is InChI=1S/C5H8N2/c1-7-4-2-3-6-5-7/h2-4H,5H2,1H3. The first-order chi connectivity index (χ1) is 3.39. The maximum atomic E-state index is 3.97. The van der Waals surface area contributed by atoms with Crippen LogP contribution < -0.4 is 0 Å². The van der Waals surface area contributed by atoms with Crippen LogP contribution in [0.1, 0.15) is 0 Å². The summed E-state index contributed by atoms with van der Waals surface area (Å²) in [4.78, 5) is 5.99. The average molecular weight is 96.1 g/mol. The lowest BCUT2D eigenvalue weighted by molar-refractivity contribution is 0.470. The second-order valence-corrected chi connectivity index (χ2v) is 1.57. The first kappa shape index (κ1) is 4.37. The summed E-state index contributed by atoms with van der Waals surface area (Å²) in [6.07, 6.45) is 5.72. The van der Waals surface area contributed by atoms with Gasteiger partial charge in [0.2, 0.25) is 0 Å². The number of allylic oxidation sites excluding steroid dienone is 1. The quantitative estimate of drug-likeness (QED) is 0.428. The topological polar surface area (TPSA) is 15.6 Å². The van der Waals surface area contributed by atoms with E-state index in [-0.39, 0.29) is 0 Å². The fraction of sp³-hybridized carbons (Fsp3) is 0.400. The van der Waals surface area contributed by atoms with Crippen LogP contribution in [0.15, 0.2) is 17.3 Å². The normalized spacial score (nSPS) is 18.1. The Bertz CT molecular complexity index is 105. The van der Waals surface area contributed by atoms with E-state index in [0.29, 0.717) is 0 Å². The first-order valence-electron chi connectivity index (χ1n) is 2.26. The highest BCUT2D eigenvalue weighted by atomic mass is 15.2. The van der Waals surface area contributed by atoms with Crippen molar-refractivity contribution in [3.63, 3.8) is 0 Å². The third-order valence-corrected chi connectivity index (χ3v) is 0.837. The van der Waals surface area contributed by atoms with E-state index in [2.05, 4.69) is 4.99 Å². The van der Waals surface area contributed by atoms with E-state index in [4.69, 9.17) is 0 Å². The summed E-state index contributed by atoms with van der Waals surface area (Å²) in [5.74, 6) is 0. The molecule has 0 bridgehead atoms. The van der Waals surface area contributed by atoms with Crippen molar-refractivity contribution in [3.8, 4) is 0 Å². The molecule has 2 nitrogen and oxygen atoms in total. The molecule has 1 heterocycles. The van der Waals surface area contributed by atoms with Crippen LogP contribution in [-0.4, -0.2) is 24.8 Å². The van der Waals surface area contributed by atoms with Crippen molar-refractivity contribution in [1.29, 1.82) is 0 Å². The Morgan fingerprint density at radius 1 is 1.71 bits per heavy atom. The Hall–Kier alpha value is -0.790. The summed E-state index contributed by atoms with van der Waals surface area (Å²) >= 11 is 0. The molecule has 0 unspecified atom stereocenters. The maximum Gasteiger partial charge on any atom is 0.109 e. The molecule has 1 aliphatic heterocycles. The Morgan fingerprint density at radius 2 is 2.57 bits per heavy atom. The molecule has 0 aliphatic carbocycles. The van der Waals surface area contributed by atoms with Gasteiger partial charge in [-0.1, -0.05) is 0 Å². The van der Waals surface area contributed by atoms with Crippen LogP contribution in [0.4, 0.5) is 0 Å². The minimum atomic E-state index is 0.802. The van der Waals surface area contributed by atoms with Gasteiger partial charge in [0.1, 0.15) is 6.67 Å². The van der Waals surface area contributed by atoms with Crippen molar-refractivity contribution in [2.75, 3.05) is 13.7 Å². The second-order valence-electron chi connectivity index (χ2n) is 1.57. The number of aliphatic imine (C=N–C) groups is 1. The molecule has 2 heteroatoms. The van der Waals surface area contributed by atoms with E-state index in [9.17, 15) is 0 Å². The summed E-state index contributed by atoms with van der Waals surface area (Å²) in [5, 5.41) is 0. The van der Waals surface area contributed by atoms with Gasteiger partial charge in [-0.15, -0.1) is 0 Å². The Kier molecular flexibility index (Phi) is 1.11. The molecule has 0 atom stereocenters. The molecule has 38 valence electrons. The molecule has 0 N–H and O–H groups in total. The predicted octanol–water partition coefficient (Wildman–Crippen LogP) is 0.474. The lowest BCUT2D eigenvalue weighted by Gasteiger charge is -2.11. The van der Waals surface area contributed by atoms with Crippen LogP contribution in [-0.2, 0) is 0 Å². The molecule has 0 spiro atoms. The van der Waals surface area contributed by atoms with Crippen LogP contribution in [0, 0.1) is 0 Å². The molecule has 1 aliphatic rings. The van der Waals surface area contributed by atoms with E-state index < -0.39 is 0 Å². The molecule has 0 saturated heterocycles. The minimum Gasteiger partial charge on any atom is -0.361 e. The van der Waals surface area contributed by atoms with Crippen molar-refractivity contribution >= 4 is 6.21 Å².